The number of esters is 2. The zero-order valence-electron chi connectivity index (χ0n) is 14.4. The molecule has 9 heteroatoms. The van der Waals surface area contributed by atoms with Crippen molar-refractivity contribution >= 4 is 34.9 Å². The standard InChI is InChI=1S/C17H19N3O5S/c1-3-24-15(22)11-7-12(16(23)25-4-2)9-13(8-11)19-14(21)10-20-5-6-26-17(20)18/h5-9,18H,3-4,10H2,1-2H3,(H,19,21). The zero-order valence-corrected chi connectivity index (χ0v) is 15.2. The minimum absolute atomic E-state index is 0.0549. The smallest absolute Gasteiger partial charge is 0.338 e. The maximum Gasteiger partial charge on any atom is 0.338 e. The number of nitrogens with one attached hydrogen (secondary N) is 2. The van der Waals surface area contributed by atoms with E-state index in [-0.39, 0.29) is 41.4 Å². The molecule has 26 heavy (non-hydrogen) atoms. The second-order valence-corrected chi connectivity index (χ2v) is 6.02. The van der Waals surface area contributed by atoms with E-state index in [4.69, 9.17) is 14.9 Å². The molecule has 138 valence electrons. The van der Waals surface area contributed by atoms with Crippen molar-refractivity contribution in [3.8, 4) is 0 Å². The molecule has 0 aliphatic rings. The highest BCUT2D eigenvalue weighted by atomic mass is 32.1. The van der Waals surface area contributed by atoms with Gasteiger partial charge in [0.25, 0.3) is 0 Å². The first kappa shape index (κ1) is 19.4. The molecule has 2 aromatic rings. The van der Waals surface area contributed by atoms with E-state index in [9.17, 15) is 14.4 Å². The number of hydrogen-bond acceptors (Lipinski definition) is 7. The summed E-state index contributed by atoms with van der Waals surface area (Å²) in [6.45, 7) is 3.66. The van der Waals surface area contributed by atoms with Gasteiger partial charge in [0.15, 0.2) is 4.80 Å². The van der Waals surface area contributed by atoms with Gasteiger partial charge in [-0.05, 0) is 32.0 Å². The highest BCUT2D eigenvalue weighted by Gasteiger charge is 2.16. The third-order valence-electron chi connectivity index (χ3n) is 3.23. The molecule has 0 fully saturated rings. The van der Waals surface area contributed by atoms with Crippen molar-refractivity contribution in [1.82, 2.24) is 4.57 Å². The normalized spacial score (nSPS) is 10.2. The quantitative estimate of drug-likeness (QED) is 0.717. The first-order chi connectivity index (χ1) is 12.4. The van der Waals surface area contributed by atoms with E-state index in [0.29, 0.717) is 0 Å². The molecule has 0 spiro atoms. The van der Waals surface area contributed by atoms with Gasteiger partial charge in [-0.25, -0.2) is 9.59 Å². The predicted octanol–water partition coefficient (Wildman–Crippen LogP) is 2.02. The molecule has 0 unspecified atom stereocenters. The summed E-state index contributed by atoms with van der Waals surface area (Å²) in [6.07, 6.45) is 1.63. The van der Waals surface area contributed by atoms with E-state index in [0.717, 1.165) is 0 Å². The van der Waals surface area contributed by atoms with E-state index >= 15 is 0 Å². The minimum Gasteiger partial charge on any atom is -0.462 e. The van der Waals surface area contributed by atoms with Crippen LogP contribution in [0, 0.1) is 5.41 Å². The van der Waals surface area contributed by atoms with Gasteiger partial charge in [0, 0.05) is 17.3 Å². The third kappa shape index (κ3) is 5.03. The molecule has 0 bridgehead atoms. The Balaban J connectivity index is 2.26. The van der Waals surface area contributed by atoms with E-state index in [1.54, 1.807) is 25.4 Å². The van der Waals surface area contributed by atoms with E-state index in [1.165, 1.54) is 34.1 Å². The van der Waals surface area contributed by atoms with Crippen molar-refractivity contribution in [2.75, 3.05) is 18.5 Å². The summed E-state index contributed by atoms with van der Waals surface area (Å²) >= 11 is 1.20. The van der Waals surface area contributed by atoms with E-state index in [1.807, 2.05) is 0 Å². The first-order valence-electron chi connectivity index (χ1n) is 7.92. The number of amides is 1. The summed E-state index contributed by atoms with van der Waals surface area (Å²) in [7, 11) is 0. The largest absolute Gasteiger partial charge is 0.462 e. The summed E-state index contributed by atoms with van der Waals surface area (Å²) in [6, 6.07) is 4.22. The zero-order chi connectivity index (χ0) is 19.1. The number of ether oxygens (including phenoxy) is 2. The van der Waals surface area contributed by atoms with Gasteiger partial charge >= 0.3 is 11.9 Å². The summed E-state index contributed by atoms with van der Waals surface area (Å²) in [5.41, 5.74) is 0.542. The lowest BCUT2D eigenvalue weighted by Gasteiger charge is -2.11. The molecule has 0 saturated carbocycles. The fourth-order valence-corrected chi connectivity index (χ4v) is 2.75. The average molecular weight is 377 g/mol. The van der Waals surface area contributed by atoms with Crippen molar-refractivity contribution in [3.63, 3.8) is 0 Å². The molecule has 0 aliphatic heterocycles. The highest BCUT2D eigenvalue weighted by Crippen LogP contribution is 2.17. The molecule has 0 radical (unpaired) electrons. The second kappa shape index (κ2) is 8.95. The van der Waals surface area contributed by atoms with Gasteiger partial charge < -0.3 is 19.4 Å². The Morgan fingerprint density at radius 3 is 2.12 bits per heavy atom. The molecular formula is C17H19N3O5S. The summed E-state index contributed by atoms with van der Waals surface area (Å²) < 4.78 is 11.4. The molecule has 0 saturated heterocycles. The number of benzene rings is 1. The van der Waals surface area contributed by atoms with Crippen molar-refractivity contribution < 1.29 is 23.9 Å². The van der Waals surface area contributed by atoms with Crippen LogP contribution in [0.3, 0.4) is 0 Å². The number of nitrogens with zero attached hydrogens (tertiary/aromatic N) is 1. The summed E-state index contributed by atoms with van der Waals surface area (Å²) in [5.74, 6) is -1.60. The van der Waals surface area contributed by atoms with Crippen LogP contribution in [-0.4, -0.2) is 35.6 Å². The van der Waals surface area contributed by atoms with Crippen LogP contribution in [-0.2, 0) is 20.8 Å². The molecule has 0 atom stereocenters. The number of anilines is 1. The molecule has 1 aromatic carbocycles. The monoisotopic (exact) mass is 377 g/mol. The van der Waals surface area contributed by atoms with Crippen molar-refractivity contribution in [2.45, 2.75) is 20.4 Å². The van der Waals surface area contributed by atoms with Gasteiger partial charge in [0.1, 0.15) is 6.54 Å². The fourth-order valence-electron chi connectivity index (χ4n) is 2.15. The number of hydrogen-bond donors (Lipinski definition) is 2. The van der Waals surface area contributed by atoms with Crippen molar-refractivity contribution in [1.29, 1.82) is 5.41 Å². The Hall–Kier alpha value is -2.94. The first-order valence-corrected chi connectivity index (χ1v) is 8.80. The van der Waals surface area contributed by atoms with Crippen LogP contribution in [0.5, 0.6) is 0 Å². The number of rotatable bonds is 7. The Bertz CT molecular complexity index is 835. The molecule has 1 heterocycles. The number of thiazole rings is 1. The molecular weight excluding hydrogens is 358 g/mol. The second-order valence-electron chi connectivity index (χ2n) is 5.12. The maximum absolute atomic E-state index is 12.2. The molecule has 1 aromatic heterocycles. The van der Waals surface area contributed by atoms with Gasteiger partial charge in [-0.3, -0.25) is 10.2 Å². The Morgan fingerprint density at radius 1 is 1.08 bits per heavy atom. The number of carbonyl (C=O) groups is 3. The van der Waals surface area contributed by atoms with Crippen molar-refractivity contribution in [2.24, 2.45) is 0 Å². The minimum atomic E-state index is -0.602. The van der Waals surface area contributed by atoms with Gasteiger partial charge in [-0.15, -0.1) is 11.3 Å². The SMILES string of the molecule is CCOC(=O)c1cc(NC(=O)Cn2ccsc2=N)cc(C(=O)OCC)c1. The number of aromatic nitrogens is 1. The predicted molar refractivity (Wildman–Crippen MR) is 95.1 cm³/mol. The van der Waals surface area contributed by atoms with Gasteiger partial charge in [-0.1, -0.05) is 0 Å². The molecule has 8 nitrogen and oxygen atoms in total. The van der Waals surface area contributed by atoms with Gasteiger partial charge in [0.05, 0.1) is 24.3 Å². The van der Waals surface area contributed by atoms with E-state index < -0.39 is 17.8 Å². The van der Waals surface area contributed by atoms with Crippen LogP contribution in [0.1, 0.15) is 34.6 Å². The van der Waals surface area contributed by atoms with Crippen LogP contribution < -0.4 is 10.1 Å². The highest BCUT2D eigenvalue weighted by molar-refractivity contribution is 7.06. The maximum atomic E-state index is 12.2. The van der Waals surface area contributed by atoms with Crippen molar-refractivity contribution in [3.05, 3.63) is 45.7 Å². The molecule has 2 rings (SSSR count). The van der Waals surface area contributed by atoms with Crippen LogP contribution in [0.15, 0.2) is 29.8 Å². The third-order valence-corrected chi connectivity index (χ3v) is 3.95. The number of carbonyl (C=O) groups excluding carboxylic acids is 3. The Labute approximate surface area is 153 Å². The van der Waals surface area contributed by atoms with Gasteiger partial charge in [0.2, 0.25) is 5.91 Å². The molecule has 2 N–H and O–H groups in total. The van der Waals surface area contributed by atoms with Crippen LogP contribution >= 0.6 is 11.3 Å². The van der Waals surface area contributed by atoms with Crippen LogP contribution in [0.25, 0.3) is 0 Å². The lowest BCUT2D eigenvalue weighted by Crippen LogP contribution is -2.24. The van der Waals surface area contributed by atoms with E-state index in [2.05, 4.69) is 5.32 Å². The lowest BCUT2D eigenvalue weighted by atomic mass is 10.1. The fraction of sp³-hybridized carbons (Fsp3) is 0.294. The Morgan fingerprint density at radius 2 is 1.65 bits per heavy atom. The molecule has 1 amide bonds. The Kier molecular flexibility index (Phi) is 6.67. The topological polar surface area (TPSA) is 110 Å². The molecule has 0 aliphatic carbocycles. The lowest BCUT2D eigenvalue weighted by molar-refractivity contribution is -0.116. The summed E-state index contributed by atoms with van der Waals surface area (Å²) in [4.78, 5) is 36.4. The van der Waals surface area contributed by atoms with Gasteiger partial charge in [-0.2, -0.15) is 0 Å². The van der Waals surface area contributed by atoms with Crippen LogP contribution in [0.2, 0.25) is 0 Å². The van der Waals surface area contributed by atoms with Crippen LogP contribution in [0.4, 0.5) is 5.69 Å². The summed E-state index contributed by atoms with van der Waals surface area (Å²) in [5, 5.41) is 12.0. The average Bonchev–Trinajstić information content (AvgIpc) is 2.99.